The molecule has 68 valence electrons. The topological polar surface area (TPSA) is 82.9 Å². The molecule has 14 heavy (non-hydrogen) atoms. The maximum absolute atomic E-state index is 9.29. The highest BCUT2D eigenvalue weighted by atomic mass is 16.3. The van der Waals surface area contributed by atoms with Gasteiger partial charge in [-0.1, -0.05) is 6.07 Å². The molecule has 0 unspecified atom stereocenters. The first-order valence-electron chi connectivity index (χ1n) is 4.00. The highest BCUT2D eigenvalue weighted by Gasteiger charge is 2.02. The summed E-state index contributed by atoms with van der Waals surface area (Å²) in [6.45, 7) is 0. The van der Waals surface area contributed by atoms with E-state index in [0.717, 1.165) is 5.39 Å². The molecule has 2 aromatic rings. The van der Waals surface area contributed by atoms with Crippen LogP contribution >= 0.6 is 0 Å². The molecular formula is C10H7N3O. The van der Waals surface area contributed by atoms with Gasteiger partial charge in [-0.3, -0.25) is 0 Å². The maximum Gasteiger partial charge on any atom is 0.166 e. The molecule has 0 radical (unpaired) electrons. The number of nitrogen functional groups attached to an aromatic ring is 1. The zero-order valence-corrected chi connectivity index (χ0v) is 7.23. The number of nitrogens with zero attached hydrogens (tertiary/aromatic N) is 2. The van der Waals surface area contributed by atoms with Crippen LogP contribution in [-0.2, 0) is 0 Å². The molecule has 1 aromatic carbocycles. The van der Waals surface area contributed by atoms with Gasteiger partial charge in [-0.25, -0.2) is 4.98 Å². The lowest BCUT2D eigenvalue weighted by Crippen LogP contribution is -1.91. The minimum Gasteiger partial charge on any atom is -0.504 e. The normalized spacial score (nSPS) is 9.93. The second-order valence-corrected chi connectivity index (χ2v) is 2.91. The van der Waals surface area contributed by atoms with Gasteiger partial charge in [-0.05, 0) is 18.2 Å². The van der Waals surface area contributed by atoms with E-state index >= 15 is 0 Å². The highest BCUT2D eigenvalue weighted by molar-refractivity contribution is 5.83. The minimum atomic E-state index is -0.0396. The van der Waals surface area contributed by atoms with Crippen molar-refractivity contribution in [3.8, 4) is 11.8 Å². The van der Waals surface area contributed by atoms with Crippen molar-refractivity contribution in [2.75, 3.05) is 5.73 Å². The second-order valence-electron chi connectivity index (χ2n) is 2.91. The SMILES string of the molecule is N#Cc1ccc2cc(O)c(N)nc2c1. The molecule has 4 nitrogen and oxygen atoms in total. The average molecular weight is 185 g/mol. The van der Waals surface area contributed by atoms with Gasteiger partial charge in [0.25, 0.3) is 0 Å². The smallest absolute Gasteiger partial charge is 0.166 e. The molecule has 0 aliphatic carbocycles. The van der Waals surface area contributed by atoms with E-state index in [2.05, 4.69) is 4.98 Å². The molecular weight excluding hydrogens is 178 g/mol. The van der Waals surface area contributed by atoms with Crippen LogP contribution in [0, 0.1) is 11.3 Å². The van der Waals surface area contributed by atoms with E-state index in [-0.39, 0.29) is 11.6 Å². The Morgan fingerprint density at radius 1 is 1.36 bits per heavy atom. The lowest BCUT2D eigenvalue weighted by Gasteiger charge is -2.01. The molecule has 0 fully saturated rings. The third-order valence-corrected chi connectivity index (χ3v) is 1.96. The molecule has 0 bridgehead atoms. The van der Waals surface area contributed by atoms with Gasteiger partial charge in [0.15, 0.2) is 11.6 Å². The van der Waals surface area contributed by atoms with Crippen molar-refractivity contribution in [3.63, 3.8) is 0 Å². The number of rotatable bonds is 0. The van der Waals surface area contributed by atoms with Gasteiger partial charge in [0.2, 0.25) is 0 Å². The molecule has 0 amide bonds. The molecule has 1 heterocycles. The summed E-state index contributed by atoms with van der Waals surface area (Å²) in [6.07, 6.45) is 0. The number of anilines is 1. The summed E-state index contributed by atoms with van der Waals surface area (Å²) >= 11 is 0. The van der Waals surface area contributed by atoms with Gasteiger partial charge in [-0.2, -0.15) is 5.26 Å². The number of aromatic nitrogens is 1. The van der Waals surface area contributed by atoms with Gasteiger partial charge in [-0.15, -0.1) is 0 Å². The van der Waals surface area contributed by atoms with E-state index in [0.29, 0.717) is 11.1 Å². The summed E-state index contributed by atoms with van der Waals surface area (Å²) in [4.78, 5) is 3.96. The van der Waals surface area contributed by atoms with E-state index < -0.39 is 0 Å². The molecule has 0 saturated carbocycles. The van der Waals surface area contributed by atoms with E-state index in [1.165, 1.54) is 6.07 Å². The zero-order chi connectivity index (χ0) is 10.1. The number of hydrogen-bond acceptors (Lipinski definition) is 4. The van der Waals surface area contributed by atoms with Crippen molar-refractivity contribution in [1.82, 2.24) is 4.98 Å². The van der Waals surface area contributed by atoms with Crippen LogP contribution in [0.2, 0.25) is 0 Å². The third kappa shape index (κ3) is 1.21. The number of pyridine rings is 1. The van der Waals surface area contributed by atoms with Crippen molar-refractivity contribution < 1.29 is 5.11 Å². The van der Waals surface area contributed by atoms with Crippen LogP contribution in [0.1, 0.15) is 5.56 Å². The summed E-state index contributed by atoms with van der Waals surface area (Å²) in [5.41, 5.74) is 6.57. The summed E-state index contributed by atoms with van der Waals surface area (Å²) in [5, 5.41) is 18.7. The number of fused-ring (bicyclic) bond motifs is 1. The second kappa shape index (κ2) is 2.89. The molecule has 0 spiro atoms. The Kier molecular flexibility index (Phi) is 1.72. The fourth-order valence-corrected chi connectivity index (χ4v) is 1.24. The minimum absolute atomic E-state index is 0.0396. The molecule has 3 N–H and O–H groups in total. The van der Waals surface area contributed by atoms with Gasteiger partial charge < -0.3 is 10.8 Å². The van der Waals surface area contributed by atoms with Gasteiger partial charge in [0.1, 0.15) is 0 Å². The average Bonchev–Trinajstić information content (AvgIpc) is 2.19. The van der Waals surface area contributed by atoms with Crippen LogP contribution in [0.4, 0.5) is 5.82 Å². The fourth-order valence-electron chi connectivity index (χ4n) is 1.24. The largest absolute Gasteiger partial charge is 0.504 e. The van der Waals surface area contributed by atoms with Crippen LogP contribution in [0.15, 0.2) is 24.3 Å². The van der Waals surface area contributed by atoms with Crippen molar-refractivity contribution in [2.24, 2.45) is 0 Å². The van der Waals surface area contributed by atoms with Crippen molar-refractivity contribution in [3.05, 3.63) is 29.8 Å². The Morgan fingerprint density at radius 2 is 2.14 bits per heavy atom. The lowest BCUT2D eigenvalue weighted by atomic mass is 10.1. The maximum atomic E-state index is 9.29. The Hall–Kier alpha value is -2.28. The van der Waals surface area contributed by atoms with Gasteiger partial charge in [0, 0.05) is 5.39 Å². The molecule has 0 aliphatic heterocycles. The fraction of sp³-hybridized carbons (Fsp3) is 0. The number of benzene rings is 1. The van der Waals surface area contributed by atoms with E-state index in [9.17, 15) is 5.11 Å². The Balaban J connectivity index is 2.78. The van der Waals surface area contributed by atoms with Gasteiger partial charge in [0.05, 0.1) is 17.1 Å². The Morgan fingerprint density at radius 3 is 2.86 bits per heavy atom. The number of aromatic hydroxyl groups is 1. The van der Waals surface area contributed by atoms with E-state index in [1.807, 2.05) is 6.07 Å². The zero-order valence-electron chi connectivity index (χ0n) is 7.23. The first-order chi connectivity index (χ1) is 6.70. The molecule has 2 rings (SSSR count). The Bertz CT molecular complexity index is 543. The number of hydrogen-bond donors (Lipinski definition) is 2. The van der Waals surface area contributed by atoms with E-state index in [4.69, 9.17) is 11.0 Å². The summed E-state index contributed by atoms with van der Waals surface area (Å²) in [7, 11) is 0. The van der Waals surface area contributed by atoms with E-state index in [1.54, 1.807) is 18.2 Å². The summed E-state index contributed by atoms with van der Waals surface area (Å²) < 4.78 is 0. The monoisotopic (exact) mass is 185 g/mol. The van der Waals surface area contributed by atoms with Crippen LogP contribution in [0.5, 0.6) is 5.75 Å². The third-order valence-electron chi connectivity index (χ3n) is 1.96. The number of nitrogens with two attached hydrogens (primary N) is 1. The predicted molar refractivity (Wildman–Crippen MR) is 52.5 cm³/mol. The lowest BCUT2D eigenvalue weighted by molar-refractivity contribution is 0.477. The Labute approximate surface area is 80.2 Å². The predicted octanol–water partition coefficient (Wildman–Crippen LogP) is 1.39. The molecule has 1 aromatic heterocycles. The quantitative estimate of drug-likeness (QED) is 0.649. The van der Waals surface area contributed by atoms with Crippen LogP contribution < -0.4 is 5.73 Å². The summed E-state index contributed by atoms with van der Waals surface area (Å²) in [6, 6.07) is 8.56. The van der Waals surface area contributed by atoms with Crippen molar-refractivity contribution in [2.45, 2.75) is 0 Å². The van der Waals surface area contributed by atoms with Gasteiger partial charge >= 0.3 is 0 Å². The van der Waals surface area contributed by atoms with Crippen LogP contribution in [0.25, 0.3) is 10.9 Å². The van der Waals surface area contributed by atoms with Crippen molar-refractivity contribution in [1.29, 1.82) is 5.26 Å². The van der Waals surface area contributed by atoms with Crippen molar-refractivity contribution >= 4 is 16.7 Å². The standard InChI is InChI=1S/C10H7N3O/c11-5-6-1-2-7-4-9(14)10(12)13-8(7)3-6/h1-4,14H,(H2,12,13). The van der Waals surface area contributed by atoms with Crippen LogP contribution in [-0.4, -0.2) is 10.1 Å². The molecule has 0 saturated heterocycles. The highest BCUT2D eigenvalue weighted by Crippen LogP contribution is 2.23. The molecule has 4 heteroatoms. The van der Waals surface area contributed by atoms with Crippen LogP contribution in [0.3, 0.4) is 0 Å². The summed E-state index contributed by atoms with van der Waals surface area (Å²) in [5.74, 6) is 0.0368. The first kappa shape index (κ1) is 8.32. The first-order valence-corrected chi connectivity index (χ1v) is 4.00. The molecule has 0 atom stereocenters. The molecule has 0 aliphatic rings. The number of nitriles is 1.